The average Bonchev–Trinajstić information content (AvgIpc) is 2.84. The molecule has 0 aromatic carbocycles. The molecule has 3 rings (SSSR count). The van der Waals surface area contributed by atoms with E-state index in [0.717, 1.165) is 28.3 Å². The van der Waals surface area contributed by atoms with Crippen molar-refractivity contribution in [3.8, 4) is 6.07 Å². The minimum Gasteiger partial charge on any atom is -0.249 e. The van der Waals surface area contributed by atoms with Gasteiger partial charge in [-0.15, -0.1) is 5.10 Å². The molecule has 22 heavy (non-hydrogen) atoms. The maximum Gasteiger partial charge on any atom is 0.351 e. The van der Waals surface area contributed by atoms with Crippen molar-refractivity contribution < 1.29 is 8.42 Å². The van der Waals surface area contributed by atoms with Crippen LogP contribution in [0.4, 0.5) is 0 Å². The Balaban J connectivity index is 2.06. The first-order valence-corrected chi connectivity index (χ1v) is 8.44. The van der Waals surface area contributed by atoms with E-state index in [4.69, 9.17) is 5.26 Å². The molecule has 0 atom stereocenters. The summed E-state index contributed by atoms with van der Waals surface area (Å²) >= 11 is 0. The highest BCUT2D eigenvalue weighted by molar-refractivity contribution is 7.89. The lowest BCUT2D eigenvalue weighted by atomic mass is 10.2. The van der Waals surface area contributed by atoms with Crippen LogP contribution in [0, 0.1) is 11.3 Å². The van der Waals surface area contributed by atoms with Crippen LogP contribution in [0.3, 0.4) is 0 Å². The predicted octanol–water partition coefficient (Wildman–Crippen LogP) is 0.194. The second-order valence-electron chi connectivity index (χ2n) is 5.16. The van der Waals surface area contributed by atoms with Gasteiger partial charge in [-0.3, -0.25) is 0 Å². The van der Waals surface area contributed by atoms with Crippen molar-refractivity contribution in [2.75, 3.05) is 13.1 Å². The SMILES string of the molecule is N#CCn1nc2ccc(S(=O)(=O)N3CCCCC3)cn2c1=O. The Labute approximate surface area is 127 Å². The molecule has 2 aromatic rings. The maximum absolute atomic E-state index is 12.6. The van der Waals surface area contributed by atoms with E-state index >= 15 is 0 Å². The Morgan fingerprint density at radius 3 is 2.64 bits per heavy atom. The standard InChI is InChI=1S/C13H15N5O3S/c14-6-9-18-13(19)17-10-11(4-5-12(17)15-18)22(20,21)16-7-2-1-3-8-16/h4-5,10H,1-3,7-9H2. The van der Waals surface area contributed by atoms with Gasteiger partial charge in [-0.25, -0.2) is 17.6 Å². The molecular formula is C13H15N5O3S. The highest BCUT2D eigenvalue weighted by Crippen LogP contribution is 2.20. The van der Waals surface area contributed by atoms with Crippen molar-refractivity contribution in [1.82, 2.24) is 18.5 Å². The smallest absolute Gasteiger partial charge is 0.249 e. The molecule has 1 aliphatic heterocycles. The third-order valence-electron chi connectivity index (χ3n) is 3.72. The molecule has 3 heterocycles. The lowest BCUT2D eigenvalue weighted by molar-refractivity contribution is 0.346. The fourth-order valence-corrected chi connectivity index (χ4v) is 4.09. The zero-order chi connectivity index (χ0) is 15.7. The summed E-state index contributed by atoms with van der Waals surface area (Å²) < 4.78 is 28.8. The van der Waals surface area contributed by atoms with Gasteiger partial charge in [-0.2, -0.15) is 14.2 Å². The van der Waals surface area contributed by atoms with Gasteiger partial charge < -0.3 is 0 Å². The van der Waals surface area contributed by atoms with Gasteiger partial charge in [0.15, 0.2) is 5.65 Å². The predicted molar refractivity (Wildman–Crippen MR) is 77.7 cm³/mol. The van der Waals surface area contributed by atoms with Crippen LogP contribution in [0.15, 0.2) is 28.0 Å². The summed E-state index contributed by atoms with van der Waals surface area (Å²) in [5.41, 5.74) is -0.204. The van der Waals surface area contributed by atoms with Crippen LogP contribution in [0.1, 0.15) is 19.3 Å². The molecule has 116 valence electrons. The van der Waals surface area contributed by atoms with Gasteiger partial charge in [0.2, 0.25) is 10.0 Å². The summed E-state index contributed by atoms with van der Waals surface area (Å²) in [6, 6.07) is 4.77. The minimum atomic E-state index is -3.60. The van der Waals surface area contributed by atoms with Crippen LogP contribution in [0.2, 0.25) is 0 Å². The number of hydrogen-bond donors (Lipinski definition) is 0. The van der Waals surface area contributed by atoms with E-state index in [1.807, 2.05) is 6.07 Å². The van der Waals surface area contributed by atoms with Crippen LogP contribution >= 0.6 is 0 Å². The van der Waals surface area contributed by atoms with Crippen molar-refractivity contribution in [2.24, 2.45) is 0 Å². The average molecular weight is 321 g/mol. The van der Waals surface area contributed by atoms with Gasteiger partial charge in [-0.1, -0.05) is 6.42 Å². The highest BCUT2D eigenvalue weighted by Gasteiger charge is 2.26. The van der Waals surface area contributed by atoms with E-state index in [9.17, 15) is 13.2 Å². The lowest BCUT2D eigenvalue weighted by Crippen LogP contribution is -2.35. The molecule has 8 nitrogen and oxygen atoms in total. The highest BCUT2D eigenvalue weighted by atomic mass is 32.2. The third-order valence-corrected chi connectivity index (χ3v) is 5.61. The van der Waals surface area contributed by atoms with E-state index in [0.29, 0.717) is 18.7 Å². The van der Waals surface area contributed by atoms with E-state index < -0.39 is 15.7 Å². The normalized spacial score (nSPS) is 16.7. The van der Waals surface area contributed by atoms with E-state index in [-0.39, 0.29) is 11.4 Å². The Kier molecular flexibility index (Phi) is 3.72. The molecule has 0 aliphatic carbocycles. The molecule has 1 aliphatic rings. The quantitative estimate of drug-likeness (QED) is 0.803. The van der Waals surface area contributed by atoms with Crippen molar-refractivity contribution >= 4 is 15.7 Å². The fourth-order valence-electron chi connectivity index (χ4n) is 2.58. The molecule has 1 saturated heterocycles. The summed E-state index contributed by atoms with van der Waals surface area (Å²) in [6.45, 7) is 0.834. The number of pyridine rings is 1. The Bertz CT molecular complexity index is 900. The number of piperidine rings is 1. The molecule has 1 fully saturated rings. The van der Waals surface area contributed by atoms with Crippen molar-refractivity contribution in [3.05, 3.63) is 28.8 Å². The number of sulfonamides is 1. The Hall–Kier alpha value is -2.18. The minimum absolute atomic E-state index is 0.0699. The lowest BCUT2D eigenvalue weighted by Gasteiger charge is -2.25. The van der Waals surface area contributed by atoms with Gasteiger partial charge in [0.05, 0.1) is 11.0 Å². The summed E-state index contributed by atoms with van der Waals surface area (Å²) in [4.78, 5) is 12.1. The van der Waals surface area contributed by atoms with Crippen LogP contribution in [0.5, 0.6) is 0 Å². The molecule has 0 saturated carbocycles. The molecule has 0 N–H and O–H groups in total. The zero-order valence-electron chi connectivity index (χ0n) is 11.8. The van der Waals surface area contributed by atoms with Crippen molar-refractivity contribution in [1.29, 1.82) is 5.26 Å². The van der Waals surface area contributed by atoms with Crippen LogP contribution in [0.25, 0.3) is 5.65 Å². The summed E-state index contributed by atoms with van der Waals surface area (Å²) in [6.07, 6.45) is 4.01. The maximum atomic E-state index is 12.6. The number of hydrogen-bond acceptors (Lipinski definition) is 5. The summed E-state index contributed by atoms with van der Waals surface area (Å²) in [7, 11) is -3.60. The third kappa shape index (κ3) is 2.40. The second kappa shape index (κ2) is 5.55. The molecule has 2 aromatic heterocycles. The van der Waals surface area contributed by atoms with Gasteiger partial charge in [0.1, 0.15) is 6.54 Å². The van der Waals surface area contributed by atoms with Gasteiger partial charge >= 0.3 is 5.69 Å². The van der Waals surface area contributed by atoms with Gasteiger partial charge in [-0.05, 0) is 25.0 Å². The number of nitrogens with zero attached hydrogens (tertiary/aromatic N) is 5. The summed E-state index contributed by atoms with van der Waals surface area (Å²) in [5, 5.41) is 12.6. The first kappa shape index (κ1) is 14.7. The second-order valence-corrected chi connectivity index (χ2v) is 7.09. The zero-order valence-corrected chi connectivity index (χ0v) is 12.7. The number of aromatic nitrogens is 3. The van der Waals surface area contributed by atoms with Crippen LogP contribution in [-0.2, 0) is 16.6 Å². The van der Waals surface area contributed by atoms with E-state index in [2.05, 4.69) is 5.10 Å². The molecule has 0 spiro atoms. The van der Waals surface area contributed by atoms with Crippen LogP contribution in [-0.4, -0.2) is 40.0 Å². The van der Waals surface area contributed by atoms with Gasteiger partial charge in [0.25, 0.3) is 0 Å². The molecular weight excluding hydrogens is 306 g/mol. The van der Waals surface area contributed by atoms with Crippen molar-refractivity contribution in [3.63, 3.8) is 0 Å². The molecule has 0 radical (unpaired) electrons. The molecule has 0 bridgehead atoms. The van der Waals surface area contributed by atoms with E-state index in [1.165, 1.54) is 22.6 Å². The van der Waals surface area contributed by atoms with Gasteiger partial charge in [0, 0.05) is 19.3 Å². The van der Waals surface area contributed by atoms with Crippen molar-refractivity contribution in [2.45, 2.75) is 30.7 Å². The molecule has 0 unspecified atom stereocenters. The monoisotopic (exact) mass is 321 g/mol. The number of nitriles is 1. The first-order chi connectivity index (χ1) is 10.5. The Morgan fingerprint density at radius 1 is 1.23 bits per heavy atom. The fraction of sp³-hybridized carbons (Fsp3) is 0.462. The Morgan fingerprint density at radius 2 is 1.95 bits per heavy atom. The van der Waals surface area contributed by atoms with Crippen LogP contribution < -0.4 is 5.69 Å². The first-order valence-electron chi connectivity index (χ1n) is 7.00. The van der Waals surface area contributed by atoms with E-state index in [1.54, 1.807) is 0 Å². The molecule has 9 heteroatoms. The molecule has 0 amide bonds. The number of rotatable bonds is 3. The number of fused-ring (bicyclic) bond motifs is 1. The largest absolute Gasteiger partial charge is 0.351 e. The topological polar surface area (TPSA) is 100 Å². The summed E-state index contributed by atoms with van der Waals surface area (Å²) in [5.74, 6) is 0.